The molecule has 2 aromatic rings. The molecule has 6 nitrogen and oxygen atoms in total. The third-order valence-corrected chi connectivity index (χ3v) is 2.57. The van der Waals surface area contributed by atoms with Crippen LogP contribution in [0, 0.1) is 21.4 Å². The van der Waals surface area contributed by atoms with Crippen LogP contribution in [0.4, 0.5) is 5.69 Å². The molecule has 2 rings (SSSR count). The van der Waals surface area contributed by atoms with Crippen LogP contribution in [0.15, 0.2) is 42.5 Å². The number of rotatable bonds is 4. The lowest BCUT2D eigenvalue weighted by Gasteiger charge is -2.10. The lowest BCUT2D eigenvalue weighted by Crippen LogP contribution is -1.95. The molecular weight excluding hydrogens is 260 g/mol. The number of hydrogen-bond acceptors (Lipinski definition) is 5. The summed E-state index contributed by atoms with van der Waals surface area (Å²) in [7, 11) is 1.43. The van der Waals surface area contributed by atoms with E-state index in [2.05, 4.69) is 0 Å². The number of nitriles is 1. The molecule has 20 heavy (non-hydrogen) atoms. The molecule has 0 radical (unpaired) electrons. The number of ether oxygens (including phenoxy) is 2. The summed E-state index contributed by atoms with van der Waals surface area (Å²) in [5.74, 6) is 0.753. The van der Waals surface area contributed by atoms with E-state index in [4.69, 9.17) is 14.7 Å². The Kier molecular flexibility index (Phi) is 3.82. The highest BCUT2D eigenvalue weighted by molar-refractivity contribution is 5.52. The van der Waals surface area contributed by atoms with Gasteiger partial charge in [0.15, 0.2) is 11.5 Å². The van der Waals surface area contributed by atoms with E-state index in [9.17, 15) is 10.1 Å². The van der Waals surface area contributed by atoms with Gasteiger partial charge in [-0.1, -0.05) is 12.1 Å². The first-order chi connectivity index (χ1) is 9.65. The van der Waals surface area contributed by atoms with Crippen molar-refractivity contribution in [2.24, 2.45) is 0 Å². The van der Waals surface area contributed by atoms with Crippen molar-refractivity contribution in [2.45, 2.75) is 0 Å². The molecule has 2 aromatic carbocycles. The van der Waals surface area contributed by atoms with Gasteiger partial charge in [0.1, 0.15) is 0 Å². The highest BCUT2D eigenvalue weighted by Gasteiger charge is 2.16. The summed E-state index contributed by atoms with van der Waals surface area (Å²) in [6, 6.07) is 12.6. The number of nitro benzene ring substituents is 1. The van der Waals surface area contributed by atoms with Crippen LogP contribution in [0.2, 0.25) is 0 Å². The molecular formula is C14H10N2O4. The normalized spacial score (nSPS) is 9.60. The maximum atomic E-state index is 10.9. The minimum atomic E-state index is -0.522. The van der Waals surface area contributed by atoms with Gasteiger partial charge >= 0.3 is 5.69 Å². The molecule has 0 spiro atoms. The van der Waals surface area contributed by atoms with E-state index in [1.54, 1.807) is 18.2 Å². The smallest absolute Gasteiger partial charge is 0.311 e. The van der Waals surface area contributed by atoms with Crippen LogP contribution < -0.4 is 9.47 Å². The minimum absolute atomic E-state index is 0.112. The standard InChI is InChI=1S/C14H10N2O4/c1-19-14-8-10(9-15)6-7-13(14)20-12-5-3-2-4-11(12)16(17)18/h2-8H,1H3. The summed E-state index contributed by atoms with van der Waals surface area (Å²) in [6.07, 6.45) is 0. The van der Waals surface area contributed by atoms with Gasteiger partial charge in [-0.15, -0.1) is 0 Å². The molecule has 0 heterocycles. The van der Waals surface area contributed by atoms with Crippen LogP contribution in [-0.4, -0.2) is 12.0 Å². The zero-order valence-electron chi connectivity index (χ0n) is 10.6. The van der Waals surface area contributed by atoms with Gasteiger partial charge < -0.3 is 9.47 Å². The molecule has 0 aliphatic heterocycles. The van der Waals surface area contributed by atoms with E-state index in [-0.39, 0.29) is 11.4 Å². The first kappa shape index (κ1) is 13.4. The van der Waals surface area contributed by atoms with E-state index in [0.717, 1.165) is 0 Å². The third-order valence-electron chi connectivity index (χ3n) is 2.57. The SMILES string of the molecule is COc1cc(C#N)ccc1Oc1ccccc1[N+](=O)[O-]. The van der Waals surface area contributed by atoms with Crippen LogP contribution in [-0.2, 0) is 0 Å². The Labute approximate surface area is 114 Å². The van der Waals surface area contributed by atoms with E-state index in [0.29, 0.717) is 17.1 Å². The molecule has 0 fully saturated rings. The summed E-state index contributed by atoms with van der Waals surface area (Å²) >= 11 is 0. The maximum absolute atomic E-state index is 10.9. The molecule has 0 atom stereocenters. The zero-order valence-corrected chi connectivity index (χ0v) is 10.6. The van der Waals surface area contributed by atoms with E-state index >= 15 is 0 Å². The molecule has 6 heteroatoms. The fourth-order valence-corrected chi connectivity index (χ4v) is 1.63. The second kappa shape index (κ2) is 5.71. The van der Waals surface area contributed by atoms with Crippen molar-refractivity contribution in [3.05, 3.63) is 58.1 Å². The Morgan fingerprint density at radius 3 is 2.55 bits per heavy atom. The second-order valence-electron chi connectivity index (χ2n) is 3.80. The lowest BCUT2D eigenvalue weighted by atomic mass is 10.2. The van der Waals surface area contributed by atoms with Crippen molar-refractivity contribution < 1.29 is 14.4 Å². The van der Waals surface area contributed by atoms with Gasteiger partial charge in [-0.05, 0) is 18.2 Å². The number of benzene rings is 2. The quantitative estimate of drug-likeness (QED) is 0.628. The van der Waals surface area contributed by atoms with Crippen LogP contribution in [0.3, 0.4) is 0 Å². The monoisotopic (exact) mass is 270 g/mol. The Morgan fingerprint density at radius 1 is 1.15 bits per heavy atom. The highest BCUT2D eigenvalue weighted by atomic mass is 16.6. The van der Waals surface area contributed by atoms with Crippen LogP contribution in [0.25, 0.3) is 0 Å². The largest absolute Gasteiger partial charge is 0.493 e. The first-order valence-corrected chi connectivity index (χ1v) is 5.65. The fraction of sp³-hybridized carbons (Fsp3) is 0.0714. The van der Waals surface area contributed by atoms with Gasteiger partial charge in [-0.2, -0.15) is 5.26 Å². The zero-order chi connectivity index (χ0) is 14.5. The van der Waals surface area contributed by atoms with Crippen LogP contribution in [0.5, 0.6) is 17.2 Å². The van der Waals surface area contributed by atoms with Gasteiger partial charge in [0.2, 0.25) is 5.75 Å². The Hall–Kier alpha value is -3.07. The molecule has 100 valence electrons. The van der Waals surface area contributed by atoms with Gasteiger partial charge in [-0.25, -0.2) is 0 Å². The molecule has 0 saturated heterocycles. The summed E-state index contributed by atoms with van der Waals surface area (Å²) in [4.78, 5) is 10.4. The van der Waals surface area contributed by atoms with Gasteiger partial charge in [0.25, 0.3) is 0 Å². The second-order valence-corrected chi connectivity index (χ2v) is 3.80. The summed E-state index contributed by atoms with van der Waals surface area (Å²) in [6.45, 7) is 0. The molecule has 0 unspecified atom stereocenters. The van der Waals surface area contributed by atoms with Crippen molar-refractivity contribution in [1.82, 2.24) is 0 Å². The van der Waals surface area contributed by atoms with Crippen molar-refractivity contribution in [1.29, 1.82) is 5.26 Å². The summed E-state index contributed by atoms with van der Waals surface area (Å²) < 4.78 is 10.6. The van der Waals surface area contributed by atoms with E-state index in [1.807, 2.05) is 6.07 Å². The third kappa shape index (κ3) is 2.67. The van der Waals surface area contributed by atoms with Gasteiger partial charge in [0.05, 0.1) is 23.7 Å². The minimum Gasteiger partial charge on any atom is -0.493 e. The van der Waals surface area contributed by atoms with Crippen LogP contribution in [0.1, 0.15) is 5.56 Å². The average molecular weight is 270 g/mol. The number of hydrogen-bond donors (Lipinski definition) is 0. The molecule has 0 aromatic heterocycles. The van der Waals surface area contributed by atoms with Crippen molar-refractivity contribution >= 4 is 5.69 Å². The van der Waals surface area contributed by atoms with E-state index in [1.165, 1.54) is 31.4 Å². The van der Waals surface area contributed by atoms with Crippen molar-refractivity contribution in [3.63, 3.8) is 0 Å². The molecule has 0 N–H and O–H groups in total. The predicted octanol–water partition coefficient (Wildman–Crippen LogP) is 3.27. The number of methoxy groups -OCH3 is 1. The lowest BCUT2D eigenvalue weighted by molar-refractivity contribution is -0.385. The average Bonchev–Trinajstić information content (AvgIpc) is 2.48. The maximum Gasteiger partial charge on any atom is 0.311 e. The van der Waals surface area contributed by atoms with Gasteiger partial charge in [0, 0.05) is 12.1 Å². The Bertz CT molecular complexity index is 692. The molecule has 0 bridgehead atoms. The molecule has 0 saturated carbocycles. The number of nitrogens with zero attached hydrogens (tertiary/aromatic N) is 2. The number of nitro groups is 1. The summed E-state index contributed by atoms with van der Waals surface area (Å²) in [5.41, 5.74) is 0.274. The number of para-hydroxylation sites is 2. The molecule has 0 aliphatic rings. The van der Waals surface area contributed by atoms with Crippen molar-refractivity contribution in [2.75, 3.05) is 7.11 Å². The summed E-state index contributed by atoms with van der Waals surface area (Å²) in [5, 5.41) is 19.7. The Morgan fingerprint density at radius 2 is 1.90 bits per heavy atom. The van der Waals surface area contributed by atoms with Crippen LogP contribution >= 0.6 is 0 Å². The van der Waals surface area contributed by atoms with Gasteiger partial charge in [-0.3, -0.25) is 10.1 Å². The Balaban J connectivity index is 2.40. The highest BCUT2D eigenvalue weighted by Crippen LogP contribution is 2.36. The first-order valence-electron chi connectivity index (χ1n) is 5.65. The topological polar surface area (TPSA) is 85.4 Å². The fourth-order valence-electron chi connectivity index (χ4n) is 1.63. The molecule has 0 amide bonds. The van der Waals surface area contributed by atoms with E-state index < -0.39 is 4.92 Å². The van der Waals surface area contributed by atoms with Crippen molar-refractivity contribution in [3.8, 4) is 23.3 Å². The molecule has 0 aliphatic carbocycles. The predicted molar refractivity (Wildman–Crippen MR) is 70.9 cm³/mol.